The molecule has 3 rings (SSSR count). The van der Waals surface area contributed by atoms with Crippen LogP contribution >= 0.6 is 11.8 Å². The van der Waals surface area contributed by atoms with Gasteiger partial charge in [0.25, 0.3) is 5.56 Å². The zero-order chi connectivity index (χ0) is 22.6. The van der Waals surface area contributed by atoms with Crippen LogP contribution in [0.3, 0.4) is 0 Å². The molecule has 31 heavy (non-hydrogen) atoms. The predicted molar refractivity (Wildman–Crippen MR) is 124 cm³/mol. The highest BCUT2D eigenvalue weighted by atomic mass is 32.2. The van der Waals surface area contributed by atoms with E-state index < -0.39 is 5.54 Å². The largest absolute Gasteiger partial charge is 0.337 e. The predicted octanol–water partition coefficient (Wildman–Crippen LogP) is 4.15. The lowest BCUT2D eigenvalue weighted by Gasteiger charge is -2.27. The molecule has 0 saturated carbocycles. The molecule has 1 amide bonds. The Hall–Kier alpha value is -3.11. The summed E-state index contributed by atoms with van der Waals surface area (Å²) >= 11 is 1.20. The van der Waals surface area contributed by atoms with Crippen LogP contribution in [0.1, 0.15) is 39.3 Å². The maximum atomic E-state index is 13.3. The van der Waals surface area contributed by atoms with Gasteiger partial charge in [0.05, 0.1) is 28.8 Å². The van der Waals surface area contributed by atoms with Crippen LogP contribution in [0.5, 0.6) is 0 Å². The van der Waals surface area contributed by atoms with Gasteiger partial charge in [-0.1, -0.05) is 68.1 Å². The van der Waals surface area contributed by atoms with Crippen molar-refractivity contribution < 1.29 is 4.79 Å². The van der Waals surface area contributed by atoms with E-state index in [4.69, 9.17) is 0 Å². The van der Waals surface area contributed by atoms with Crippen molar-refractivity contribution in [2.45, 2.75) is 44.4 Å². The molecule has 6 nitrogen and oxygen atoms in total. The lowest BCUT2D eigenvalue weighted by Crippen LogP contribution is -2.49. The van der Waals surface area contributed by atoms with Gasteiger partial charge in [-0.05, 0) is 37.5 Å². The summed E-state index contributed by atoms with van der Waals surface area (Å²) < 4.78 is 1.64. The van der Waals surface area contributed by atoms with Crippen molar-refractivity contribution >= 4 is 28.6 Å². The number of benzene rings is 2. The third kappa shape index (κ3) is 4.80. The summed E-state index contributed by atoms with van der Waals surface area (Å²) in [6, 6.07) is 18.9. The Morgan fingerprint density at radius 1 is 1.16 bits per heavy atom. The van der Waals surface area contributed by atoms with E-state index >= 15 is 0 Å². The first kappa shape index (κ1) is 22.6. The summed E-state index contributed by atoms with van der Waals surface area (Å²) in [5.41, 5.74) is 0.473. The molecule has 7 heteroatoms. The van der Waals surface area contributed by atoms with Crippen LogP contribution < -0.4 is 10.9 Å². The zero-order valence-electron chi connectivity index (χ0n) is 18.1. The Labute approximate surface area is 186 Å². The van der Waals surface area contributed by atoms with Crippen molar-refractivity contribution in [3.8, 4) is 6.07 Å². The minimum absolute atomic E-state index is 0.0403. The smallest absolute Gasteiger partial charge is 0.262 e. The second-order valence-electron chi connectivity index (χ2n) is 7.98. The van der Waals surface area contributed by atoms with Gasteiger partial charge in [0.15, 0.2) is 5.16 Å². The minimum Gasteiger partial charge on any atom is -0.337 e. The van der Waals surface area contributed by atoms with Crippen LogP contribution in [0.2, 0.25) is 0 Å². The number of amides is 1. The van der Waals surface area contributed by atoms with Crippen molar-refractivity contribution in [2.24, 2.45) is 5.92 Å². The molecule has 2 aromatic carbocycles. The number of nitrogens with one attached hydrogen (secondary N) is 1. The number of fused-ring (bicyclic) bond motifs is 1. The molecule has 2 atom stereocenters. The maximum absolute atomic E-state index is 13.3. The quantitative estimate of drug-likeness (QED) is 0.446. The lowest BCUT2D eigenvalue weighted by atomic mass is 9.90. The molecule has 0 fully saturated rings. The van der Waals surface area contributed by atoms with Crippen molar-refractivity contribution in [1.29, 1.82) is 5.26 Å². The number of carbonyl (C=O) groups excluding carboxylic acids is 1. The SMILES string of the molecule is CC(C)[C@@](C)(C#N)NC(=O)CSc1nc2ccccc2c(=O)n1[C@H](C)c1ccccc1. The molecule has 3 aromatic rings. The number of rotatable bonds is 7. The molecule has 1 aromatic heterocycles. The second-order valence-corrected chi connectivity index (χ2v) is 8.92. The van der Waals surface area contributed by atoms with Gasteiger partial charge in [-0.25, -0.2) is 4.98 Å². The number of aromatic nitrogens is 2. The second kappa shape index (κ2) is 9.36. The van der Waals surface area contributed by atoms with Crippen LogP contribution in [0.25, 0.3) is 10.9 Å². The monoisotopic (exact) mass is 434 g/mol. The topological polar surface area (TPSA) is 87.8 Å². The fourth-order valence-electron chi connectivity index (χ4n) is 3.21. The van der Waals surface area contributed by atoms with Gasteiger partial charge in [0, 0.05) is 0 Å². The van der Waals surface area contributed by atoms with E-state index in [1.807, 2.05) is 63.2 Å². The zero-order valence-corrected chi connectivity index (χ0v) is 18.9. The number of carbonyl (C=O) groups is 1. The van der Waals surface area contributed by atoms with E-state index in [1.54, 1.807) is 23.6 Å². The van der Waals surface area contributed by atoms with E-state index in [0.717, 1.165) is 5.56 Å². The van der Waals surface area contributed by atoms with Gasteiger partial charge in [-0.2, -0.15) is 5.26 Å². The summed E-state index contributed by atoms with van der Waals surface area (Å²) in [5, 5.41) is 13.3. The first-order chi connectivity index (χ1) is 14.8. The summed E-state index contributed by atoms with van der Waals surface area (Å²) in [6.45, 7) is 7.44. The Morgan fingerprint density at radius 3 is 2.45 bits per heavy atom. The van der Waals surface area contributed by atoms with Crippen LogP contribution in [0, 0.1) is 17.2 Å². The minimum atomic E-state index is -0.953. The molecule has 1 heterocycles. The summed E-state index contributed by atoms with van der Waals surface area (Å²) in [4.78, 5) is 30.6. The molecule has 1 N–H and O–H groups in total. The van der Waals surface area contributed by atoms with Crippen LogP contribution in [-0.4, -0.2) is 26.8 Å². The molecule has 0 aliphatic carbocycles. The van der Waals surface area contributed by atoms with Gasteiger partial charge in [-0.3, -0.25) is 14.2 Å². The highest BCUT2D eigenvalue weighted by molar-refractivity contribution is 7.99. The first-order valence-electron chi connectivity index (χ1n) is 10.2. The average molecular weight is 435 g/mol. The molecule has 0 spiro atoms. The Kier molecular flexibility index (Phi) is 6.81. The van der Waals surface area contributed by atoms with Crippen molar-refractivity contribution in [1.82, 2.24) is 14.9 Å². The number of nitrogens with zero attached hydrogens (tertiary/aromatic N) is 3. The number of hydrogen-bond donors (Lipinski definition) is 1. The number of thioether (sulfide) groups is 1. The number of para-hydroxylation sites is 1. The molecule has 0 unspecified atom stereocenters. The third-order valence-corrected chi connectivity index (χ3v) is 6.52. The Balaban J connectivity index is 1.97. The van der Waals surface area contributed by atoms with Crippen LogP contribution in [0.15, 0.2) is 64.5 Å². The first-order valence-corrected chi connectivity index (χ1v) is 11.2. The molecule has 0 aliphatic heterocycles. The summed E-state index contributed by atoms with van der Waals surface area (Å²) in [7, 11) is 0. The van der Waals surface area contributed by atoms with Crippen molar-refractivity contribution in [3.05, 3.63) is 70.5 Å². The lowest BCUT2D eigenvalue weighted by molar-refractivity contribution is -0.120. The molecule has 160 valence electrons. The van der Waals surface area contributed by atoms with Crippen LogP contribution in [0.4, 0.5) is 0 Å². The maximum Gasteiger partial charge on any atom is 0.262 e. The average Bonchev–Trinajstić information content (AvgIpc) is 2.77. The van der Waals surface area contributed by atoms with Gasteiger partial charge in [0.1, 0.15) is 5.54 Å². The van der Waals surface area contributed by atoms with Crippen molar-refractivity contribution in [2.75, 3.05) is 5.75 Å². The van der Waals surface area contributed by atoms with E-state index in [0.29, 0.717) is 16.1 Å². The summed E-state index contributed by atoms with van der Waals surface area (Å²) in [5.74, 6) is -0.262. The fraction of sp³-hybridized carbons (Fsp3) is 0.333. The Bertz CT molecular complexity index is 1180. The van der Waals surface area contributed by atoms with E-state index in [1.165, 1.54) is 11.8 Å². The highest BCUT2D eigenvalue weighted by Gasteiger charge is 2.30. The van der Waals surface area contributed by atoms with E-state index in [-0.39, 0.29) is 29.2 Å². The van der Waals surface area contributed by atoms with Gasteiger partial charge < -0.3 is 5.32 Å². The number of hydrogen-bond acceptors (Lipinski definition) is 5. The van der Waals surface area contributed by atoms with E-state index in [9.17, 15) is 14.9 Å². The molecule has 0 aliphatic rings. The van der Waals surface area contributed by atoms with Gasteiger partial charge >= 0.3 is 0 Å². The molecular formula is C24H26N4O2S. The number of nitriles is 1. The van der Waals surface area contributed by atoms with E-state index in [2.05, 4.69) is 16.4 Å². The van der Waals surface area contributed by atoms with Gasteiger partial charge in [0.2, 0.25) is 5.91 Å². The third-order valence-electron chi connectivity index (χ3n) is 5.56. The standard InChI is InChI=1S/C24H26N4O2S/c1-16(2)24(4,15-25)27-21(29)14-31-23-26-20-13-9-8-12-19(20)22(30)28(23)17(3)18-10-6-5-7-11-18/h5-13,16-17H,14H2,1-4H3,(H,27,29)/t17-,24-/m1/s1. The van der Waals surface area contributed by atoms with Crippen LogP contribution in [-0.2, 0) is 4.79 Å². The fourth-order valence-corrected chi connectivity index (χ4v) is 4.08. The molecular weight excluding hydrogens is 408 g/mol. The summed E-state index contributed by atoms with van der Waals surface area (Å²) in [6.07, 6.45) is 0. The molecule has 0 radical (unpaired) electrons. The Morgan fingerprint density at radius 2 is 1.81 bits per heavy atom. The highest BCUT2D eigenvalue weighted by Crippen LogP contribution is 2.25. The van der Waals surface area contributed by atoms with Crippen molar-refractivity contribution in [3.63, 3.8) is 0 Å². The molecule has 0 bridgehead atoms. The normalized spacial score (nSPS) is 14.1. The van der Waals surface area contributed by atoms with Gasteiger partial charge in [-0.15, -0.1) is 0 Å². The molecule has 0 saturated heterocycles.